The van der Waals surface area contributed by atoms with E-state index in [4.69, 9.17) is 4.74 Å². The average Bonchev–Trinajstić information content (AvgIpc) is 2.99. The second-order valence-electron chi connectivity index (χ2n) is 6.31. The topological polar surface area (TPSA) is 114 Å². The summed E-state index contributed by atoms with van der Waals surface area (Å²) in [5.74, 6) is -1.48. The fraction of sp³-hybridized carbons (Fsp3) is 0.105. The predicted octanol–water partition coefficient (Wildman–Crippen LogP) is 2.12. The summed E-state index contributed by atoms with van der Waals surface area (Å²) >= 11 is 0. The van der Waals surface area contributed by atoms with Crippen LogP contribution in [0, 0.1) is 5.82 Å². The Bertz CT molecular complexity index is 1180. The summed E-state index contributed by atoms with van der Waals surface area (Å²) < 4.78 is 47.8. The van der Waals surface area contributed by atoms with Crippen molar-refractivity contribution >= 4 is 33.4 Å². The van der Waals surface area contributed by atoms with Crippen LogP contribution in [-0.4, -0.2) is 30.8 Å². The smallest absolute Gasteiger partial charge is 0.326 e. The summed E-state index contributed by atoms with van der Waals surface area (Å²) in [4.78, 5) is 19.7. The molecular weight excluding hydrogens is 413 g/mol. The molecule has 0 spiro atoms. The fourth-order valence-corrected chi connectivity index (χ4v) is 4.04. The van der Waals surface area contributed by atoms with Gasteiger partial charge in [-0.15, -0.1) is 0 Å². The van der Waals surface area contributed by atoms with Crippen molar-refractivity contribution in [3.05, 3.63) is 72.3 Å². The summed E-state index contributed by atoms with van der Waals surface area (Å²) in [6.07, 6.45) is 3.03. The van der Waals surface area contributed by atoms with Crippen LogP contribution in [0.4, 0.5) is 21.7 Å². The average molecular weight is 429 g/mol. The Balaban J connectivity index is 1.73. The number of nitrogens with zero attached hydrogens (tertiary/aromatic N) is 3. The number of hydrogen-bond acceptors (Lipinski definition) is 7. The molecule has 0 bridgehead atoms. The molecule has 0 atom stereocenters. The Labute approximate surface area is 171 Å². The van der Waals surface area contributed by atoms with Crippen molar-refractivity contribution in [2.45, 2.75) is 6.61 Å². The molecular formula is C19H16FN5O4S. The van der Waals surface area contributed by atoms with Crippen molar-refractivity contribution in [2.75, 3.05) is 16.2 Å². The molecule has 1 aromatic heterocycles. The highest BCUT2D eigenvalue weighted by Crippen LogP contribution is 2.38. The summed E-state index contributed by atoms with van der Waals surface area (Å²) in [5, 5.41) is 2.84. The van der Waals surface area contributed by atoms with Crippen LogP contribution in [0.5, 0.6) is 5.75 Å². The number of nitrogens with one attached hydrogen (secondary N) is 2. The molecule has 2 aromatic carbocycles. The molecule has 11 heteroatoms. The van der Waals surface area contributed by atoms with Crippen LogP contribution in [-0.2, 0) is 21.6 Å². The molecule has 2 N–H and O–H groups in total. The zero-order valence-corrected chi connectivity index (χ0v) is 16.3. The second-order valence-corrected chi connectivity index (χ2v) is 7.91. The van der Waals surface area contributed by atoms with E-state index in [1.54, 1.807) is 6.07 Å². The molecule has 2 heterocycles. The maximum Gasteiger partial charge on any atom is 0.326 e. The van der Waals surface area contributed by atoms with Crippen molar-refractivity contribution in [3.63, 3.8) is 0 Å². The summed E-state index contributed by atoms with van der Waals surface area (Å²) in [6, 6.07) is 13.2. The van der Waals surface area contributed by atoms with Gasteiger partial charge in [0.15, 0.2) is 5.82 Å². The van der Waals surface area contributed by atoms with Crippen molar-refractivity contribution in [2.24, 2.45) is 0 Å². The van der Waals surface area contributed by atoms with Gasteiger partial charge in [-0.25, -0.2) is 23.4 Å². The largest absolute Gasteiger partial charge is 0.487 e. The maximum absolute atomic E-state index is 15.1. The van der Waals surface area contributed by atoms with Crippen LogP contribution in [0.2, 0.25) is 0 Å². The maximum atomic E-state index is 15.1. The first-order valence-corrected chi connectivity index (χ1v) is 10.2. The van der Waals surface area contributed by atoms with E-state index in [1.807, 2.05) is 35.1 Å². The van der Waals surface area contributed by atoms with Gasteiger partial charge in [0.05, 0.1) is 0 Å². The zero-order valence-electron chi connectivity index (χ0n) is 15.4. The quantitative estimate of drug-likeness (QED) is 0.617. The van der Waals surface area contributed by atoms with Crippen molar-refractivity contribution < 1.29 is 22.3 Å². The van der Waals surface area contributed by atoms with Crippen molar-refractivity contribution in [3.8, 4) is 5.75 Å². The molecule has 1 fully saturated rings. The molecule has 9 nitrogen and oxygen atoms in total. The predicted molar refractivity (Wildman–Crippen MR) is 107 cm³/mol. The third kappa shape index (κ3) is 4.15. The molecule has 30 heavy (non-hydrogen) atoms. The first kappa shape index (κ1) is 19.6. The van der Waals surface area contributed by atoms with Gasteiger partial charge < -0.3 is 10.1 Å². The van der Waals surface area contributed by atoms with E-state index in [2.05, 4.69) is 15.3 Å². The minimum atomic E-state index is -4.22. The van der Waals surface area contributed by atoms with Gasteiger partial charge in [0.25, 0.3) is 5.91 Å². The first-order chi connectivity index (χ1) is 14.4. The van der Waals surface area contributed by atoms with Crippen molar-refractivity contribution in [1.82, 2.24) is 14.7 Å². The molecule has 4 rings (SSSR count). The van der Waals surface area contributed by atoms with Gasteiger partial charge in [0, 0.05) is 24.1 Å². The van der Waals surface area contributed by atoms with Crippen LogP contribution >= 0.6 is 0 Å². The summed E-state index contributed by atoms with van der Waals surface area (Å²) in [7, 11) is -4.22. The molecule has 1 aliphatic heterocycles. The van der Waals surface area contributed by atoms with Gasteiger partial charge in [-0.05, 0) is 17.7 Å². The van der Waals surface area contributed by atoms with Crippen LogP contribution in [0.3, 0.4) is 0 Å². The monoisotopic (exact) mass is 429 g/mol. The van der Waals surface area contributed by atoms with Crippen LogP contribution < -0.4 is 19.1 Å². The number of carbonyl (C=O) groups excluding carboxylic acids is 1. The molecule has 0 saturated carbocycles. The standard InChI is InChI=1S/C19H16FN5O4S/c20-15-9-14(23-19-21-7-4-8-22-19)10-16(29-12-13-5-2-1-3-6-13)18(15)25-11-17(26)24-30(25,27)28/h1-10H,11-12H2,(H,24,26)(H,21,22,23). The van der Waals surface area contributed by atoms with E-state index in [9.17, 15) is 13.2 Å². The fourth-order valence-electron chi connectivity index (χ4n) is 2.87. The van der Waals surface area contributed by atoms with Gasteiger partial charge >= 0.3 is 10.2 Å². The molecule has 1 saturated heterocycles. The highest BCUT2D eigenvalue weighted by Gasteiger charge is 2.37. The van der Waals surface area contributed by atoms with Crippen molar-refractivity contribution in [1.29, 1.82) is 0 Å². The lowest BCUT2D eigenvalue weighted by molar-refractivity contribution is -0.117. The number of halogens is 1. The highest BCUT2D eigenvalue weighted by molar-refractivity contribution is 7.92. The lowest BCUT2D eigenvalue weighted by atomic mass is 10.2. The van der Waals surface area contributed by atoms with Gasteiger partial charge in [-0.2, -0.15) is 8.42 Å². The van der Waals surface area contributed by atoms with Crippen LogP contribution in [0.1, 0.15) is 5.56 Å². The molecule has 3 aromatic rings. The number of benzene rings is 2. The zero-order chi connectivity index (χ0) is 21.1. The van der Waals surface area contributed by atoms with E-state index >= 15 is 4.39 Å². The lowest BCUT2D eigenvalue weighted by Gasteiger charge is -2.21. The normalized spacial score (nSPS) is 15.0. The van der Waals surface area contributed by atoms with E-state index < -0.39 is 28.5 Å². The SMILES string of the molecule is O=C1CN(c2c(F)cc(Nc3ncccn3)cc2OCc2ccccc2)S(=O)(=O)N1. The number of hydrogen-bond donors (Lipinski definition) is 2. The number of aromatic nitrogens is 2. The Kier molecular flexibility index (Phi) is 5.19. The molecule has 154 valence electrons. The third-order valence-electron chi connectivity index (χ3n) is 4.16. The number of carbonyl (C=O) groups is 1. The molecule has 0 aliphatic carbocycles. The number of rotatable bonds is 6. The molecule has 1 aliphatic rings. The van der Waals surface area contributed by atoms with E-state index in [0.29, 0.717) is 4.31 Å². The van der Waals surface area contributed by atoms with Gasteiger partial charge in [0.1, 0.15) is 24.6 Å². The van der Waals surface area contributed by atoms with E-state index in [0.717, 1.165) is 11.6 Å². The number of amides is 1. The van der Waals surface area contributed by atoms with E-state index in [1.165, 1.54) is 18.5 Å². The number of ether oxygens (including phenoxy) is 1. The Morgan fingerprint density at radius 2 is 1.87 bits per heavy atom. The van der Waals surface area contributed by atoms with Crippen LogP contribution in [0.25, 0.3) is 0 Å². The Morgan fingerprint density at radius 3 is 2.53 bits per heavy atom. The Hall–Kier alpha value is -3.73. The molecule has 1 amide bonds. The highest BCUT2D eigenvalue weighted by atomic mass is 32.2. The summed E-state index contributed by atoms with van der Waals surface area (Å²) in [6.45, 7) is -0.483. The second kappa shape index (κ2) is 7.95. The molecule has 0 unspecified atom stereocenters. The van der Waals surface area contributed by atoms with Gasteiger partial charge in [-0.1, -0.05) is 30.3 Å². The molecule has 0 radical (unpaired) electrons. The lowest BCUT2D eigenvalue weighted by Crippen LogP contribution is -2.30. The van der Waals surface area contributed by atoms with E-state index in [-0.39, 0.29) is 29.7 Å². The third-order valence-corrected chi connectivity index (χ3v) is 5.53. The van der Waals surface area contributed by atoms with Gasteiger partial charge in [-0.3, -0.25) is 4.79 Å². The minimum absolute atomic E-state index is 0.0580. The van der Waals surface area contributed by atoms with Crippen LogP contribution in [0.15, 0.2) is 60.9 Å². The van der Waals surface area contributed by atoms with Gasteiger partial charge in [0.2, 0.25) is 5.95 Å². The summed E-state index contributed by atoms with van der Waals surface area (Å²) in [5.41, 5.74) is 0.692. The number of anilines is 3. The first-order valence-electron chi connectivity index (χ1n) is 8.80. The Morgan fingerprint density at radius 1 is 1.13 bits per heavy atom. The minimum Gasteiger partial charge on any atom is -0.487 e.